The second-order valence-corrected chi connectivity index (χ2v) is 9.40. The van der Waals surface area contributed by atoms with Gasteiger partial charge in [-0.3, -0.25) is 4.79 Å². The third-order valence-corrected chi connectivity index (χ3v) is 7.98. The van der Waals surface area contributed by atoms with E-state index in [2.05, 4.69) is 50.2 Å². The fraction of sp³-hybridized carbons (Fsp3) is 0.440. The van der Waals surface area contributed by atoms with Crippen LogP contribution >= 0.6 is 0 Å². The summed E-state index contributed by atoms with van der Waals surface area (Å²) in [5.74, 6) is 0.178. The largest absolute Gasteiger partial charge is 0.411 e. The number of hydrogen-bond acceptors (Lipinski definition) is 3. The van der Waals surface area contributed by atoms with E-state index in [0.717, 1.165) is 29.7 Å². The summed E-state index contributed by atoms with van der Waals surface area (Å²) in [6.45, 7) is 7.67. The topological polar surface area (TPSA) is 52.9 Å². The summed E-state index contributed by atoms with van der Waals surface area (Å²) in [6, 6.07) is 20.3. The van der Waals surface area contributed by atoms with Crippen molar-refractivity contribution in [1.29, 1.82) is 0 Å². The molecule has 2 atom stereocenters. The summed E-state index contributed by atoms with van der Waals surface area (Å²) >= 11 is 0. The van der Waals surface area contributed by atoms with Crippen LogP contribution in [-0.4, -0.2) is 21.7 Å². The Morgan fingerprint density at radius 1 is 0.931 bits per heavy atom. The fourth-order valence-electron chi connectivity index (χ4n) is 5.62. The van der Waals surface area contributed by atoms with E-state index >= 15 is 0 Å². The maximum Gasteiger partial charge on any atom is 0.230 e. The van der Waals surface area contributed by atoms with Crippen molar-refractivity contribution < 1.29 is 10.0 Å². The van der Waals surface area contributed by atoms with Crippen molar-refractivity contribution in [1.82, 2.24) is 4.90 Å². The van der Waals surface area contributed by atoms with E-state index in [1.807, 2.05) is 41.3 Å². The number of nitrogens with zero attached hydrogens (tertiary/aromatic N) is 2. The molecule has 2 aromatic carbocycles. The smallest absolute Gasteiger partial charge is 0.230 e. The minimum atomic E-state index is -0.521. The van der Waals surface area contributed by atoms with Crippen LogP contribution < -0.4 is 0 Å². The monoisotopic (exact) mass is 390 g/mol. The van der Waals surface area contributed by atoms with Gasteiger partial charge in [-0.2, -0.15) is 0 Å². The van der Waals surface area contributed by atoms with E-state index < -0.39 is 5.41 Å². The molecule has 2 aliphatic rings. The number of oxime groups is 1. The molecule has 2 fully saturated rings. The minimum absolute atomic E-state index is 0.178. The maximum absolute atomic E-state index is 14.1. The molecular formula is C25H30N2O2. The van der Waals surface area contributed by atoms with Crippen LogP contribution in [0.4, 0.5) is 0 Å². The highest BCUT2D eigenvalue weighted by Gasteiger charge is 2.72. The Balaban J connectivity index is 1.71. The van der Waals surface area contributed by atoms with Gasteiger partial charge in [0.2, 0.25) is 5.91 Å². The molecule has 0 aliphatic heterocycles. The Hall–Kier alpha value is -2.62. The Morgan fingerprint density at radius 2 is 1.45 bits per heavy atom. The number of carbonyl (C=O) groups excluding carboxylic acids is 1. The highest BCUT2D eigenvalue weighted by Crippen LogP contribution is 2.71. The third kappa shape index (κ3) is 2.88. The lowest BCUT2D eigenvalue weighted by Gasteiger charge is -2.42. The number of amides is 1. The number of benzene rings is 2. The van der Waals surface area contributed by atoms with Gasteiger partial charge in [0.05, 0.1) is 11.1 Å². The molecule has 2 aromatic rings. The van der Waals surface area contributed by atoms with E-state index in [0.29, 0.717) is 19.5 Å². The lowest BCUT2D eigenvalue weighted by molar-refractivity contribution is -0.148. The maximum atomic E-state index is 14.1. The lowest BCUT2D eigenvalue weighted by Crippen LogP contribution is -2.48. The zero-order valence-electron chi connectivity index (χ0n) is 17.6. The third-order valence-electron chi connectivity index (χ3n) is 7.98. The molecule has 2 bridgehead atoms. The van der Waals surface area contributed by atoms with Gasteiger partial charge in [-0.1, -0.05) is 86.6 Å². The van der Waals surface area contributed by atoms with Crippen LogP contribution in [0, 0.1) is 16.2 Å². The number of rotatable bonds is 5. The van der Waals surface area contributed by atoms with E-state index in [1.54, 1.807) is 0 Å². The summed E-state index contributed by atoms with van der Waals surface area (Å²) in [4.78, 5) is 16.1. The Morgan fingerprint density at radius 3 is 1.90 bits per heavy atom. The van der Waals surface area contributed by atoms with E-state index in [-0.39, 0.29) is 16.7 Å². The Labute approximate surface area is 173 Å². The van der Waals surface area contributed by atoms with Crippen LogP contribution in [0.5, 0.6) is 0 Å². The summed E-state index contributed by atoms with van der Waals surface area (Å²) in [7, 11) is 0. The average molecular weight is 391 g/mol. The SMILES string of the molecule is CC12CCC(C(=O)N(Cc3ccccc3)Cc3ccccc3)(C/C1=N\O)C2(C)C. The predicted octanol–water partition coefficient (Wildman–Crippen LogP) is 5.26. The van der Waals surface area contributed by atoms with Crippen molar-refractivity contribution in [2.45, 2.75) is 53.1 Å². The molecular weight excluding hydrogens is 360 g/mol. The van der Waals surface area contributed by atoms with Crippen LogP contribution in [0.2, 0.25) is 0 Å². The summed E-state index contributed by atoms with van der Waals surface area (Å²) < 4.78 is 0. The Kier molecular flexibility index (Phi) is 4.76. The molecule has 2 saturated carbocycles. The van der Waals surface area contributed by atoms with Gasteiger partial charge in [-0.25, -0.2) is 0 Å². The quantitative estimate of drug-likeness (QED) is 0.559. The van der Waals surface area contributed by atoms with E-state index in [9.17, 15) is 10.0 Å². The summed E-state index contributed by atoms with van der Waals surface area (Å²) in [6.07, 6.45) is 2.27. The molecule has 2 unspecified atom stereocenters. The second-order valence-electron chi connectivity index (χ2n) is 9.40. The summed E-state index contributed by atoms with van der Waals surface area (Å²) in [5.41, 5.74) is 2.02. The van der Waals surface area contributed by atoms with E-state index in [4.69, 9.17) is 0 Å². The van der Waals surface area contributed by atoms with Gasteiger partial charge in [-0.15, -0.1) is 0 Å². The molecule has 4 heteroatoms. The number of hydrogen-bond donors (Lipinski definition) is 1. The van der Waals surface area contributed by atoms with Crippen molar-refractivity contribution in [3.05, 3.63) is 71.8 Å². The normalized spacial score (nSPS) is 28.6. The Bertz CT molecular complexity index is 881. The highest BCUT2D eigenvalue weighted by molar-refractivity contribution is 6.02. The van der Waals surface area contributed by atoms with Crippen LogP contribution in [0.15, 0.2) is 65.8 Å². The first-order valence-corrected chi connectivity index (χ1v) is 10.4. The predicted molar refractivity (Wildman–Crippen MR) is 115 cm³/mol. The standard InChI is InChI=1S/C25H30N2O2/c1-23(2)24(3)14-15-25(23,16-21(24)26-29)22(28)27(17-19-10-6-4-7-11-19)18-20-12-8-5-9-13-20/h4-13,29H,14-18H2,1-3H3/b26-21+. The van der Waals surface area contributed by atoms with Crippen LogP contribution in [0.25, 0.3) is 0 Å². The van der Waals surface area contributed by atoms with Gasteiger partial charge in [0.25, 0.3) is 0 Å². The van der Waals surface area contributed by atoms with Crippen molar-refractivity contribution in [3.63, 3.8) is 0 Å². The average Bonchev–Trinajstić information content (AvgIpc) is 3.04. The first-order valence-electron chi connectivity index (χ1n) is 10.4. The first kappa shape index (κ1) is 19.7. The van der Waals surface area contributed by atoms with E-state index in [1.165, 1.54) is 0 Å². The molecule has 29 heavy (non-hydrogen) atoms. The van der Waals surface area contributed by atoms with Crippen LogP contribution in [-0.2, 0) is 17.9 Å². The molecule has 0 aromatic heterocycles. The molecule has 0 heterocycles. The zero-order valence-corrected chi connectivity index (χ0v) is 17.6. The molecule has 0 saturated heterocycles. The van der Waals surface area contributed by atoms with Crippen LogP contribution in [0.1, 0.15) is 51.2 Å². The van der Waals surface area contributed by atoms with Crippen molar-refractivity contribution >= 4 is 11.6 Å². The summed E-state index contributed by atoms with van der Waals surface area (Å²) in [5, 5.41) is 13.3. The van der Waals surface area contributed by atoms with Gasteiger partial charge in [0.15, 0.2) is 0 Å². The molecule has 0 radical (unpaired) electrons. The molecule has 152 valence electrons. The number of carbonyl (C=O) groups is 1. The second kappa shape index (κ2) is 7.01. The van der Waals surface area contributed by atoms with Gasteiger partial charge in [0.1, 0.15) is 0 Å². The molecule has 1 N–H and O–H groups in total. The molecule has 0 spiro atoms. The molecule has 1 amide bonds. The van der Waals surface area contributed by atoms with Crippen molar-refractivity contribution in [3.8, 4) is 0 Å². The highest BCUT2D eigenvalue weighted by atomic mass is 16.4. The number of fused-ring (bicyclic) bond motifs is 2. The first-order chi connectivity index (χ1) is 13.8. The van der Waals surface area contributed by atoms with Crippen molar-refractivity contribution in [2.24, 2.45) is 21.4 Å². The van der Waals surface area contributed by atoms with Gasteiger partial charge < -0.3 is 10.1 Å². The van der Waals surface area contributed by atoms with Gasteiger partial charge >= 0.3 is 0 Å². The minimum Gasteiger partial charge on any atom is -0.411 e. The van der Waals surface area contributed by atoms with Crippen LogP contribution in [0.3, 0.4) is 0 Å². The van der Waals surface area contributed by atoms with Crippen molar-refractivity contribution in [2.75, 3.05) is 0 Å². The molecule has 4 rings (SSSR count). The fourth-order valence-corrected chi connectivity index (χ4v) is 5.62. The molecule has 2 aliphatic carbocycles. The lowest BCUT2D eigenvalue weighted by atomic mass is 9.64. The van der Waals surface area contributed by atoms with Gasteiger partial charge in [-0.05, 0) is 29.4 Å². The zero-order chi connectivity index (χ0) is 20.7. The van der Waals surface area contributed by atoms with Gasteiger partial charge in [0, 0.05) is 24.9 Å². The molecule has 4 nitrogen and oxygen atoms in total.